The van der Waals surface area contributed by atoms with Gasteiger partial charge in [0.1, 0.15) is 5.04 Å². The molecule has 1 atom stereocenters. The summed E-state index contributed by atoms with van der Waals surface area (Å²) in [4.78, 5) is 12.1. The van der Waals surface area contributed by atoms with Crippen LogP contribution in [0.3, 0.4) is 0 Å². The molecule has 34 heavy (non-hydrogen) atoms. The number of pyridine rings is 1. The van der Waals surface area contributed by atoms with Crippen LogP contribution >= 0.6 is 36.6 Å². The maximum absolute atomic E-state index is 13.1. The molecule has 4 rings (SSSR count). The quantitative estimate of drug-likeness (QED) is 0.399. The maximum Gasteiger partial charge on any atom is 0.281 e. The van der Waals surface area contributed by atoms with E-state index in [2.05, 4.69) is 20.3 Å². The molecule has 0 saturated heterocycles. The van der Waals surface area contributed by atoms with Crippen molar-refractivity contribution in [3.05, 3.63) is 54.4 Å². The summed E-state index contributed by atoms with van der Waals surface area (Å²) in [6, 6.07) is 12.4. The summed E-state index contributed by atoms with van der Waals surface area (Å²) >= 11 is 1.68. The van der Waals surface area contributed by atoms with Gasteiger partial charge < -0.3 is 15.4 Å². The lowest BCUT2D eigenvalue weighted by Gasteiger charge is -2.19. The van der Waals surface area contributed by atoms with Gasteiger partial charge in [0, 0.05) is 37.0 Å². The first-order chi connectivity index (χ1) is 15.1. The van der Waals surface area contributed by atoms with Crippen molar-refractivity contribution in [3.8, 4) is 0 Å². The summed E-state index contributed by atoms with van der Waals surface area (Å²) in [5.41, 5.74) is 1.40. The predicted octanol–water partition coefficient (Wildman–Crippen LogP) is 3.45. The number of halogens is 2. The Morgan fingerprint density at radius 1 is 1.24 bits per heavy atom. The third-order valence-corrected chi connectivity index (χ3v) is 8.02. The van der Waals surface area contributed by atoms with Crippen molar-refractivity contribution in [1.82, 2.24) is 15.3 Å². The Bertz CT molecular complexity index is 1240. The number of hydrogen-bond donors (Lipinski definition) is 3. The average Bonchev–Trinajstić information content (AvgIpc) is 3.39. The minimum Gasteiger partial charge on any atom is -0.389 e. The van der Waals surface area contributed by atoms with Crippen LogP contribution in [0.4, 0.5) is 5.69 Å². The highest BCUT2D eigenvalue weighted by atomic mass is 35.5. The number of benzene rings is 1. The van der Waals surface area contributed by atoms with Gasteiger partial charge in [-0.1, -0.05) is 30.0 Å². The zero-order valence-electron chi connectivity index (χ0n) is 19.1. The van der Waals surface area contributed by atoms with Crippen LogP contribution in [-0.2, 0) is 10.0 Å². The van der Waals surface area contributed by atoms with Gasteiger partial charge in [0.25, 0.3) is 10.0 Å². The SMILES string of the molecule is CN(c1cccc2cc(C3=NCC(CNCC(C)(C)O)S3)[nH]c12)S(=O)(=O)c1ccccn1.Cl.Cl. The Labute approximate surface area is 216 Å². The molecule has 3 N–H and O–H groups in total. The number of nitrogens with one attached hydrogen (secondary N) is 2. The van der Waals surface area contributed by atoms with Crippen LogP contribution in [0, 0.1) is 0 Å². The monoisotopic (exact) mass is 545 g/mol. The molecule has 12 heteroatoms. The van der Waals surface area contributed by atoms with Crippen LogP contribution < -0.4 is 9.62 Å². The zero-order valence-corrected chi connectivity index (χ0v) is 22.3. The molecule has 0 fully saturated rings. The second-order valence-corrected chi connectivity index (χ2v) is 11.6. The maximum atomic E-state index is 13.1. The first-order valence-electron chi connectivity index (χ1n) is 10.3. The first-order valence-corrected chi connectivity index (χ1v) is 12.6. The molecule has 0 radical (unpaired) electrons. The number of aliphatic hydroxyl groups is 1. The average molecular weight is 547 g/mol. The van der Waals surface area contributed by atoms with Crippen LogP contribution in [-0.4, -0.2) is 66.1 Å². The summed E-state index contributed by atoms with van der Waals surface area (Å²) in [5.74, 6) is 0. The van der Waals surface area contributed by atoms with Gasteiger partial charge in [0.15, 0.2) is 5.03 Å². The molecule has 0 spiro atoms. The van der Waals surface area contributed by atoms with Crippen molar-refractivity contribution in [1.29, 1.82) is 0 Å². The molecule has 1 unspecified atom stereocenters. The van der Waals surface area contributed by atoms with Crippen molar-refractivity contribution in [2.45, 2.75) is 29.7 Å². The van der Waals surface area contributed by atoms with Crippen molar-refractivity contribution < 1.29 is 13.5 Å². The largest absolute Gasteiger partial charge is 0.389 e. The molecule has 3 aromatic rings. The number of thioether (sulfide) groups is 1. The third-order valence-electron chi connectivity index (χ3n) is 5.11. The summed E-state index contributed by atoms with van der Waals surface area (Å²) in [5, 5.41) is 15.2. The number of sulfonamides is 1. The van der Waals surface area contributed by atoms with E-state index in [-0.39, 0.29) is 35.1 Å². The van der Waals surface area contributed by atoms with Crippen molar-refractivity contribution in [3.63, 3.8) is 0 Å². The number of aromatic amines is 1. The number of para-hydroxylation sites is 1. The fourth-order valence-electron chi connectivity index (χ4n) is 3.50. The number of fused-ring (bicyclic) bond motifs is 1. The predicted molar refractivity (Wildman–Crippen MR) is 145 cm³/mol. The molecule has 0 bridgehead atoms. The second kappa shape index (κ2) is 11.3. The summed E-state index contributed by atoms with van der Waals surface area (Å²) in [6.45, 7) is 5.51. The summed E-state index contributed by atoms with van der Waals surface area (Å²) in [7, 11) is -2.25. The highest BCUT2D eigenvalue weighted by Gasteiger charge is 2.26. The zero-order chi connectivity index (χ0) is 22.9. The highest BCUT2D eigenvalue weighted by Crippen LogP contribution is 2.32. The Hall–Kier alpha value is -1.82. The fourth-order valence-corrected chi connectivity index (χ4v) is 5.69. The molecule has 186 valence electrons. The molecule has 2 aromatic heterocycles. The highest BCUT2D eigenvalue weighted by molar-refractivity contribution is 8.15. The normalized spacial score (nSPS) is 16.0. The van der Waals surface area contributed by atoms with Gasteiger partial charge in [-0.05, 0) is 38.1 Å². The van der Waals surface area contributed by atoms with E-state index in [0.717, 1.165) is 28.2 Å². The molecular formula is C22H29Cl2N5O3S2. The van der Waals surface area contributed by atoms with Gasteiger partial charge in [-0.25, -0.2) is 4.98 Å². The minimum atomic E-state index is -3.79. The standard InChI is InChI=1S/C22H27N5O3S2.2ClH/c1-22(2,28)14-23-12-16-13-25-21(31-16)17-11-15-7-6-8-18(20(15)26-17)27(3)32(29,30)19-9-4-5-10-24-19;;/h4-11,16,23,26,28H,12-14H2,1-3H3;2*1H. The van der Waals surface area contributed by atoms with Crippen LogP contribution in [0.5, 0.6) is 0 Å². The number of rotatable bonds is 8. The molecule has 0 saturated carbocycles. The molecule has 8 nitrogen and oxygen atoms in total. The van der Waals surface area contributed by atoms with Gasteiger partial charge in [0.05, 0.1) is 29.0 Å². The second-order valence-electron chi connectivity index (χ2n) is 8.39. The van der Waals surface area contributed by atoms with Crippen LogP contribution in [0.15, 0.2) is 58.7 Å². The summed E-state index contributed by atoms with van der Waals surface area (Å²) in [6.07, 6.45) is 1.47. The van der Waals surface area contributed by atoms with Crippen LogP contribution in [0.1, 0.15) is 19.5 Å². The Morgan fingerprint density at radius 2 is 2.00 bits per heavy atom. The van der Waals surface area contributed by atoms with Gasteiger partial charge in [-0.15, -0.1) is 24.8 Å². The number of anilines is 1. The first kappa shape index (κ1) is 28.4. The smallest absolute Gasteiger partial charge is 0.281 e. The van der Waals surface area contributed by atoms with E-state index in [1.54, 1.807) is 43.8 Å². The third kappa shape index (κ3) is 6.24. The van der Waals surface area contributed by atoms with Gasteiger partial charge in [0.2, 0.25) is 0 Å². The van der Waals surface area contributed by atoms with Crippen LogP contribution in [0.25, 0.3) is 10.9 Å². The van der Waals surface area contributed by atoms with E-state index < -0.39 is 15.6 Å². The number of nitrogens with zero attached hydrogens (tertiary/aromatic N) is 3. The Morgan fingerprint density at radius 3 is 2.68 bits per heavy atom. The molecule has 1 aliphatic heterocycles. The van der Waals surface area contributed by atoms with Crippen molar-refractivity contribution >= 4 is 68.2 Å². The van der Waals surface area contributed by atoms with E-state index in [9.17, 15) is 13.5 Å². The number of H-pyrrole nitrogens is 1. The number of hydrogen-bond acceptors (Lipinski definition) is 7. The molecule has 3 heterocycles. The molecule has 0 aliphatic carbocycles. The lowest BCUT2D eigenvalue weighted by atomic mass is 10.1. The lowest BCUT2D eigenvalue weighted by Crippen LogP contribution is -2.38. The van der Waals surface area contributed by atoms with Crippen molar-refractivity contribution in [2.24, 2.45) is 4.99 Å². The van der Waals surface area contributed by atoms with Crippen molar-refractivity contribution in [2.75, 3.05) is 31.0 Å². The summed E-state index contributed by atoms with van der Waals surface area (Å²) < 4.78 is 27.4. The number of aromatic nitrogens is 2. The van der Waals surface area contributed by atoms with Gasteiger partial charge in [-0.2, -0.15) is 8.42 Å². The van der Waals surface area contributed by atoms with Crippen LogP contribution in [0.2, 0.25) is 0 Å². The molecule has 1 aliphatic rings. The van der Waals surface area contributed by atoms with E-state index in [0.29, 0.717) is 18.8 Å². The lowest BCUT2D eigenvalue weighted by molar-refractivity contribution is 0.0801. The number of aliphatic imine (C=N–C) groups is 1. The minimum absolute atomic E-state index is 0. The van der Waals surface area contributed by atoms with E-state index >= 15 is 0 Å². The topological polar surface area (TPSA) is 111 Å². The Balaban J connectivity index is 0.00000204. The van der Waals surface area contributed by atoms with E-state index in [4.69, 9.17) is 0 Å². The molecule has 1 aromatic carbocycles. The van der Waals surface area contributed by atoms with Gasteiger partial charge in [-0.3, -0.25) is 9.30 Å². The molecule has 0 amide bonds. The van der Waals surface area contributed by atoms with Gasteiger partial charge >= 0.3 is 0 Å². The van der Waals surface area contributed by atoms with E-state index in [1.165, 1.54) is 23.6 Å². The Kier molecular flexibility index (Phi) is 9.43. The fraction of sp³-hybridized carbons (Fsp3) is 0.364. The van der Waals surface area contributed by atoms with E-state index in [1.807, 2.05) is 18.2 Å². The molecular weight excluding hydrogens is 517 g/mol.